The number of aliphatic hydroxyl groups is 3. The molecule has 0 spiro atoms. The minimum absolute atomic E-state index is 0.00764. The van der Waals surface area contributed by atoms with Gasteiger partial charge in [-0.25, -0.2) is 4.79 Å². The van der Waals surface area contributed by atoms with Gasteiger partial charge in [0, 0.05) is 43.4 Å². The molecule has 2 amide bonds. The molecule has 7 N–H and O–H groups in total. The Balaban J connectivity index is 1.85. The SMILES string of the molecule is CCCCOC(=O)NCc1cc(N(C)C)c2c(c1O)C(O)=C1C(=O)C3(O)C(O)=C(C(N)=O)C(=O)C(N(C)C)C3CC1C2. The maximum absolute atomic E-state index is 14.0. The molecule has 13 nitrogen and oxygen atoms in total. The second-order valence-corrected chi connectivity index (χ2v) is 11.5. The fraction of sp³-hybridized carbons (Fsp3) is 0.517. The number of primary amides is 1. The van der Waals surface area contributed by atoms with Crippen LogP contribution in [-0.4, -0.2) is 95.3 Å². The number of phenolic OH excluding ortho intramolecular Hbond substituents is 1. The number of hydrogen-bond acceptors (Lipinski definition) is 11. The number of unbranched alkanes of at least 4 members (excludes halogenated alkanes) is 1. The molecular formula is C29H38N4O9. The number of Topliss-reactive ketones (excluding diaryl/α,β-unsaturated/α-hetero) is 2. The lowest BCUT2D eigenvalue weighted by Crippen LogP contribution is -2.65. The normalized spacial score (nSPS) is 25.2. The lowest BCUT2D eigenvalue weighted by molar-refractivity contribution is -0.153. The largest absolute Gasteiger partial charge is 0.508 e. The van der Waals surface area contributed by atoms with Crippen molar-refractivity contribution in [3.05, 3.63) is 39.7 Å². The second kappa shape index (κ2) is 11.3. The van der Waals surface area contributed by atoms with Crippen LogP contribution in [-0.2, 0) is 32.1 Å². The summed E-state index contributed by atoms with van der Waals surface area (Å²) in [6, 6.07) is 0.509. The van der Waals surface area contributed by atoms with E-state index in [2.05, 4.69) is 5.32 Å². The molecule has 0 heterocycles. The second-order valence-electron chi connectivity index (χ2n) is 11.5. The van der Waals surface area contributed by atoms with E-state index in [1.54, 1.807) is 39.2 Å². The first-order valence-electron chi connectivity index (χ1n) is 13.8. The van der Waals surface area contributed by atoms with Crippen molar-refractivity contribution in [2.24, 2.45) is 17.6 Å². The van der Waals surface area contributed by atoms with E-state index in [4.69, 9.17) is 10.5 Å². The van der Waals surface area contributed by atoms with Gasteiger partial charge >= 0.3 is 6.09 Å². The maximum atomic E-state index is 14.0. The van der Waals surface area contributed by atoms with E-state index >= 15 is 0 Å². The van der Waals surface area contributed by atoms with Crippen LogP contribution in [0.4, 0.5) is 10.5 Å². The van der Waals surface area contributed by atoms with Gasteiger partial charge in [-0.1, -0.05) is 13.3 Å². The van der Waals surface area contributed by atoms with Crippen molar-refractivity contribution in [3.8, 4) is 5.75 Å². The monoisotopic (exact) mass is 586 g/mol. The van der Waals surface area contributed by atoms with Gasteiger partial charge in [-0.3, -0.25) is 19.3 Å². The smallest absolute Gasteiger partial charge is 0.407 e. The number of nitrogens with zero attached hydrogens (tertiary/aromatic N) is 2. The Hall–Kier alpha value is -4.10. The van der Waals surface area contributed by atoms with Crippen LogP contribution < -0.4 is 16.0 Å². The van der Waals surface area contributed by atoms with E-state index < -0.39 is 64.1 Å². The quantitative estimate of drug-likeness (QED) is 0.188. The average Bonchev–Trinajstić information content (AvgIpc) is 2.89. The zero-order valence-corrected chi connectivity index (χ0v) is 24.4. The zero-order chi connectivity index (χ0) is 31.3. The van der Waals surface area contributed by atoms with Gasteiger partial charge in [0.2, 0.25) is 5.78 Å². The van der Waals surface area contributed by atoms with E-state index in [1.165, 1.54) is 4.90 Å². The summed E-state index contributed by atoms with van der Waals surface area (Å²) in [5.41, 5.74) is 2.87. The molecule has 228 valence electrons. The number of ether oxygens (including phenoxy) is 1. The zero-order valence-electron chi connectivity index (χ0n) is 24.4. The Bertz CT molecular complexity index is 1410. The van der Waals surface area contributed by atoms with Crippen LogP contribution in [0.25, 0.3) is 5.76 Å². The predicted octanol–water partition coefficient (Wildman–Crippen LogP) is 1.06. The molecule has 0 bridgehead atoms. The number of anilines is 1. The topological polar surface area (TPSA) is 203 Å². The Morgan fingerprint density at radius 3 is 2.40 bits per heavy atom. The van der Waals surface area contributed by atoms with Gasteiger partial charge in [0.15, 0.2) is 11.4 Å². The minimum atomic E-state index is -2.72. The first kappa shape index (κ1) is 30.8. The first-order valence-corrected chi connectivity index (χ1v) is 13.8. The molecule has 0 aromatic heterocycles. The third-order valence-electron chi connectivity index (χ3n) is 8.41. The van der Waals surface area contributed by atoms with Gasteiger partial charge in [0.1, 0.15) is 22.8 Å². The molecule has 1 aromatic carbocycles. The number of nitrogens with two attached hydrogens (primary N) is 1. The molecule has 1 saturated carbocycles. The Kier molecular flexibility index (Phi) is 8.29. The number of aliphatic hydroxyl groups excluding tert-OH is 2. The summed E-state index contributed by atoms with van der Waals surface area (Å²) in [6.45, 7) is 2.05. The van der Waals surface area contributed by atoms with E-state index in [0.717, 1.165) is 6.42 Å². The number of likely N-dealkylation sites (N-methyl/N-ethyl adjacent to an activating group) is 1. The summed E-state index contributed by atoms with van der Waals surface area (Å²) in [4.78, 5) is 54.8. The molecule has 0 radical (unpaired) electrons. The summed E-state index contributed by atoms with van der Waals surface area (Å²) in [5, 5.41) is 48.1. The van der Waals surface area contributed by atoms with Crippen molar-refractivity contribution in [2.45, 2.75) is 50.8 Å². The van der Waals surface area contributed by atoms with Crippen molar-refractivity contribution in [2.75, 3.05) is 39.7 Å². The molecule has 3 aliphatic carbocycles. The summed E-state index contributed by atoms with van der Waals surface area (Å²) >= 11 is 0. The summed E-state index contributed by atoms with van der Waals surface area (Å²) in [7, 11) is 6.62. The molecule has 1 aromatic rings. The highest BCUT2D eigenvalue weighted by Crippen LogP contribution is 2.54. The molecule has 4 rings (SSSR count). The number of alkyl carbamates (subject to hydrolysis) is 1. The molecule has 4 unspecified atom stereocenters. The van der Waals surface area contributed by atoms with Crippen LogP contribution in [0, 0.1) is 11.8 Å². The van der Waals surface area contributed by atoms with Crippen LogP contribution in [0.3, 0.4) is 0 Å². The predicted molar refractivity (Wildman–Crippen MR) is 152 cm³/mol. The third-order valence-corrected chi connectivity index (χ3v) is 8.41. The van der Waals surface area contributed by atoms with Crippen LogP contribution >= 0.6 is 0 Å². The standard InChI is InChI=1S/C29H38N4O9/c1-6-7-8-42-28(40)31-12-14-11-17(32(2)3)15-9-13-10-16-21(33(4)5)24(36)20(27(30)39)26(38)29(16,41)25(37)18(13)23(35)19(15)22(14)34/h11,13,16,21,34-35,38,41H,6-10,12H2,1-5H3,(H2,30,39)(H,31,40). The van der Waals surface area contributed by atoms with Gasteiger partial charge in [0.05, 0.1) is 18.2 Å². The Morgan fingerprint density at radius 1 is 1.17 bits per heavy atom. The van der Waals surface area contributed by atoms with Crippen molar-refractivity contribution in [3.63, 3.8) is 0 Å². The number of carbonyl (C=O) groups is 4. The van der Waals surface area contributed by atoms with E-state index in [0.29, 0.717) is 17.7 Å². The number of nitrogens with one attached hydrogen (secondary N) is 1. The van der Waals surface area contributed by atoms with Crippen molar-refractivity contribution in [1.82, 2.24) is 10.2 Å². The molecule has 0 aliphatic heterocycles. The van der Waals surface area contributed by atoms with Gasteiger partial charge in [-0.2, -0.15) is 0 Å². The molecule has 42 heavy (non-hydrogen) atoms. The summed E-state index contributed by atoms with van der Waals surface area (Å²) in [6.07, 6.45) is 1.01. The van der Waals surface area contributed by atoms with Crippen LogP contribution in [0.2, 0.25) is 0 Å². The lowest BCUT2D eigenvalue weighted by atomic mass is 9.57. The van der Waals surface area contributed by atoms with Crippen LogP contribution in [0.5, 0.6) is 5.75 Å². The Morgan fingerprint density at radius 2 is 1.83 bits per heavy atom. The third kappa shape index (κ3) is 4.75. The van der Waals surface area contributed by atoms with Gasteiger partial charge in [0.25, 0.3) is 5.91 Å². The van der Waals surface area contributed by atoms with Crippen LogP contribution in [0.1, 0.15) is 42.9 Å². The fourth-order valence-electron chi connectivity index (χ4n) is 6.41. The number of hydrogen-bond donors (Lipinski definition) is 6. The number of fused-ring (bicyclic) bond motifs is 3. The van der Waals surface area contributed by atoms with Gasteiger partial charge in [-0.15, -0.1) is 0 Å². The van der Waals surface area contributed by atoms with E-state index in [-0.39, 0.29) is 48.4 Å². The highest BCUT2D eigenvalue weighted by atomic mass is 16.5. The summed E-state index contributed by atoms with van der Waals surface area (Å²) < 4.78 is 5.11. The first-order chi connectivity index (χ1) is 19.7. The van der Waals surface area contributed by atoms with Crippen LogP contribution in [0.15, 0.2) is 23.0 Å². The average molecular weight is 587 g/mol. The number of aromatic hydroxyl groups is 1. The van der Waals surface area contributed by atoms with E-state index in [9.17, 15) is 39.6 Å². The number of carbonyl (C=O) groups excluding carboxylic acids is 4. The highest BCUT2D eigenvalue weighted by molar-refractivity contribution is 6.24. The van der Waals surface area contributed by atoms with Gasteiger partial charge in [-0.05, 0) is 50.9 Å². The molecule has 13 heteroatoms. The van der Waals surface area contributed by atoms with Gasteiger partial charge < -0.3 is 41.1 Å². The van der Waals surface area contributed by atoms with Crippen molar-refractivity contribution in [1.29, 1.82) is 0 Å². The fourth-order valence-corrected chi connectivity index (χ4v) is 6.41. The van der Waals surface area contributed by atoms with Crippen molar-refractivity contribution >= 4 is 35.0 Å². The molecular weight excluding hydrogens is 548 g/mol. The highest BCUT2D eigenvalue weighted by Gasteiger charge is 2.64. The van der Waals surface area contributed by atoms with Crippen molar-refractivity contribution < 1.29 is 44.3 Å². The Labute approximate surface area is 243 Å². The van der Waals surface area contributed by atoms with E-state index in [1.807, 2.05) is 6.92 Å². The number of amides is 2. The molecule has 0 saturated heterocycles. The lowest BCUT2D eigenvalue weighted by Gasteiger charge is -2.50. The number of benzene rings is 1. The number of rotatable bonds is 8. The molecule has 3 aliphatic rings. The minimum Gasteiger partial charge on any atom is -0.508 e. The maximum Gasteiger partial charge on any atom is 0.407 e. The summed E-state index contributed by atoms with van der Waals surface area (Å²) in [5.74, 6) is -7.15. The number of ketones is 2. The molecule has 4 atom stereocenters. The number of phenols is 1. The molecule has 1 fully saturated rings.